The van der Waals surface area contributed by atoms with E-state index in [0.29, 0.717) is 15.9 Å². The Hall–Kier alpha value is -1.83. The molecule has 1 aliphatic heterocycles. The topological polar surface area (TPSA) is 83.4 Å². The van der Waals surface area contributed by atoms with E-state index in [9.17, 15) is 9.59 Å². The first-order valence-corrected chi connectivity index (χ1v) is 8.59. The fourth-order valence-corrected chi connectivity index (χ4v) is 2.88. The van der Waals surface area contributed by atoms with Crippen LogP contribution in [0.3, 0.4) is 0 Å². The van der Waals surface area contributed by atoms with Gasteiger partial charge in [-0.3, -0.25) is 9.59 Å². The van der Waals surface area contributed by atoms with E-state index >= 15 is 0 Å². The molecule has 3 rings (SSSR count). The van der Waals surface area contributed by atoms with Crippen LogP contribution in [0.4, 0.5) is 5.69 Å². The quantitative estimate of drug-likeness (QED) is 0.698. The first kappa shape index (κ1) is 19.5. The van der Waals surface area contributed by atoms with E-state index in [4.69, 9.17) is 4.42 Å². The Morgan fingerprint density at radius 2 is 1.72 bits per heavy atom. The second kappa shape index (κ2) is 9.03. The molecule has 0 atom stereocenters. The monoisotopic (exact) mass is 427 g/mol. The highest BCUT2D eigenvalue weighted by molar-refractivity contribution is 9.10. The van der Waals surface area contributed by atoms with Crippen LogP contribution in [0, 0.1) is 0 Å². The summed E-state index contributed by atoms with van der Waals surface area (Å²) in [5, 5.41) is 9.03. The van der Waals surface area contributed by atoms with E-state index in [0.717, 1.165) is 25.9 Å². The number of halogens is 2. The second-order valence-corrected chi connectivity index (χ2v) is 6.41. The number of carbonyl (C=O) groups excluding carboxylic acids is 2. The molecule has 0 saturated carbocycles. The van der Waals surface area contributed by atoms with Gasteiger partial charge in [0.15, 0.2) is 10.4 Å². The maximum Gasteiger partial charge on any atom is 0.291 e. The van der Waals surface area contributed by atoms with Crippen molar-refractivity contribution in [3.05, 3.63) is 52.4 Å². The first-order chi connectivity index (χ1) is 11.6. The number of nitrogens with one attached hydrogen (secondary N) is 3. The van der Waals surface area contributed by atoms with Crippen LogP contribution in [0.15, 0.2) is 45.5 Å². The van der Waals surface area contributed by atoms with Crippen LogP contribution in [-0.2, 0) is 0 Å². The van der Waals surface area contributed by atoms with Crippen molar-refractivity contribution in [3.8, 4) is 0 Å². The van der Waals surface area contributed by atoms with Crippen molar-refractivity contribution in [2.75, 3.05) is 18.4 Å². The molecule has 0 bridgehead atoms. The molecule has 0 radical (unpaired) electrons. The molecule has 0 spiro atoms. The van der Waals surface area contributed by atoms with Gasteiger partial charge in [0.25, 0.3) is 11.8 Å². The van der Waals surface area contributed by atoms with Gasteiger partial charge in [-0.05, 0) is 78.3 Å². The van der Waals surface area contributed by atoms with Crippen LogP contribution in [-0.4, -0.2) is 30.9 Å². The van der Waals surface area contributed by atoms with Crippen LogP contribution >= 0.6 is 28.3 Å². The zero-order valence-corrected chi connectivity index (χ0v) is 15.8. The van der Waals surface area contributed by atoms with Crippen LogP contribution < -0.4 is 16.0 Å². The molecule has 25 heavy (non-hydrogen) atoms. The Bertz CT molecular complexity index is 727. The second-order valence-electron chi connectivity index (χ2n) is 5.63. The van der Waals surface area contributed by atoms with Crippen molar-refractivity contribution < 1.29 is 14.0 Å². The molecule has 1 aromatic heterocycles. The van der Waals surface area contributed by atoms with Gasteiger partial charge in [0.2, 0.25) is 0 Å². The number of rotatable bonds is 4. The number of benzene rings is 1. The van der Waals surface area contributed by atoms with E-state index in [2.05, 4.69) is 31.9 Å². The lowest BCUT2D eigenvalue weighted by molar-refractivity contribution is 0.0929. The molecule has 1 aromatic carbocycles. The number of hydrogen-bond donors (Lipinski definition) is 3. The summed E-state index contributed by atoms with van der Waals surface area (Å²) < 4.78 is 5.70. The molecule has 8 heteroatoms. The minimum absolute atomic E-state index is 0. The van der Waals surface area contributed by atoms with Crippen molar-refractivity contribution in [2.45, 2.75) is 18.9 Å². The summed E-state index contributed by atoms with van der Waals surface area (Å²) in [5.74, 6) is -0.211. The maximum absolute atomic E-state index is 12.2. The van der Waals surface area contributed by atoms with Crippen LogP contribution in [0.2, 0.25) is 0 Å². The number of hydrogen-bond acceptors (Lipinski definition) is 4. The molecular weight excluding hydrogens is 410 g/mol. The predicted molar refractivity (Wildman–Crippen MR) is 101 cm³/mol. The Morgan fingerprint density at radius 1 is 1.04 bits per heavy atom. The minimum atomic E-state index is -0.340. The van der Waals surface area contributed by atoms with E-state index < -0.39 is 0 Å². The third kappa shape index (κ3) is 5.32. The van der Waals surface area contributed by atoms with Gasteiger partial charge in [-0.25, -0.2) is 0 Å². The molecule has 1 fully saturated rings. The van der Waals surface area contributed by atoms with E-state index in [-0.39, 0.29) is 36.0 Å². The summed E-state index contributed by atoms with van der Waals surface area (Å²) in [7, 11) is 0. The number of anilines is 1. The summed E-state index contributed by atoms with van der Waals surface area (Å²) in [6, 6.07) is 10.3. The molecule has 2 amide bonds. The zero-order valence-electron chi connectivity index (χ0n) is 13.4. The smallest absolute Gasteiger partial charge is 0.291 e. The molecule has 0 aliphatic carbocycles. The third-order valence-corrected chi connectivity index (χ3v) is 4.30. The van der Waals surface area contributed by atoms with Crippen LogP contribution in [0.5, 0.6) is 0 Å². The van der Waals surface area contributed by atoms with Gasteiger partial charge in [-0.2, -0.15) is 0 Å². The maximum atomic E-state index is 12.2. The fraction of sp³-hybridized carbons (Fsp3) is 0.294. The third-order valence-electron chi connectivity index (χ3n) is 3.88. The van der Waals surface area contributed by atoms with E-state index in [1.165, 1.54) is 0 Å². The zero-order chi connectivity index (χ0) is 16.9. The standard InChI is InChI=1S/C17H18BrN3O3.ClH/c18-15-6-5-14(24-15)17(23)21-12-3-1-11(2-4-12)16(22)20-13-7-9-19-10-8-13;/h1-6,13,19H,7-10H2,(H,20,22)(H,21,23);1H. The molecule has 2 aromatic rings. The van der Waals surface area contributed by atoms with Gasteiger partial charge in [0.1, 0.15) is 0 Å². The Balaban J connectivity index is 0.00000225. The lowest BCUT2D eigenvalue weighted by atomic mass is 10.1. The van der Waals surface area contributed by atoms with Crippen LogP contribution in [0.1, 0.15) is 33.8 Å². The molecule has 1 saturated heterocycles. The van der Waals surface area contributed by atoms with Gasteiger partial charge in [0, 0.05) is 17.3 Å². The Kier molecular flexibility index (Phi) is 7.04. The van der Waals surface area contributed by atoms with Crippen molar-refractivity contribution in [3.63, 3.8) is 0 Å². The Labute approximate surface area is 160 Å². The molecule has 2 heterocycles. The average Bonchev–Trinajstić information content (AvgIpc) is 3.03. The normalized spacial score (nSPS) is 14.4. The number of piperidine rings is 1. The number of carbonyl (C=O) groups is 2. The summed E-state index contributed by atoms with van der Waals surface area (Å²) in [5.41, 5.74) is 1.18. The van der Waals surface area contributed by atoms with Gasteiger partial charge < -0.3 is 20.4 Å². The van der Waals surface area contributed by atoms with Gasteiger partial charge in [-0.15, -0.1) is 12.4 Å². The first-order valence-electron chi connectivity index (χ1n) is 7.80. The van der Waals surface area contributed by atoms with Gasteiger partial charge in [-0.1, -0.05) is 0 Å². The van der Waals surface area contributed by atoms with Crippen molar-refractivity contribution in [2.24, 2.45) is 0 Å². The lowest BCUT2D eigenvalue weighted by Crippen LogP contribution is -2.42. The molecular formula is C17H19BrClN3O3. The highest BCUT2D eigenvalue weighted by Gasteiger charge is 2.16. The molecule has 0 unspecified atom stereocenters. The van der Waals surface area contributed by atoms with E-state index in [1.807, 2.05) is 0 Å². The Morgan fingerprint density at radius 3 is 2.32 bits per heavy atom. The summed E-state index contributed by atoms with van der Waals surface area (Å²) in [6.07, 6.45) is 1.89. The molecule has 3 N–H and O–H groups in total. The summed E-state index contributed by atoms with van der Waals surface area (Å²) in [6.45, 7) is 1.86. The minimum Gasteiger partial charge on any atom is -0.444 e. The summed E-state index contributed by atoms with van der Waals surface area (Å²) in [4.78, 5) is 24.2. The van der Waals surface area contributed by atoms with E-state index in [1.54, 1.807) is 36.4 Å². The molecule has 1 aliphatic rings. The highest BCUT2D eigenvalue weighted by atomic mass is 79.9. The lowest BCUT2D eigenvalue weighted by Gasteiger charge is -2.23. The average molecular weight is 429 g/mol. The number of amides is 2. The molecule has 6 nitrogen and oxygen atoms in total. The molecule has 134 valence electrons. The van der Waals surface area contributed by atoms with Gasteiger partial charge >= 0.3 is 0 Å². The predicted octanol–water partition coefficient (Wildman–Crippen LogP) is 3.20. The van der Waals surface area contributed by atoms with Crippen LogP contribution in [0.25, 0.3) is 0 Å². The van der Waals surface area contributed by atoms with Crippen molar-refractivity contribution in [1.29, 1.82) is 0 Å². The van der Waals surface area contributed by atoms with Gasteiger partial charge in [0.05, 0.1) is 0 Å². The largest absolute Gasteiger partial charge is 0.444 e. The SMILES string of the molecule is Cl.O=C(NC1CCNCC1)c1ccc(NC(=O)c2ccc(Br)o2)cc1. The summed E-state index contributed by atoms with van der Waals surface area (Å²) >= 11 is 3.16. The van der Waals surface area contributed by atoms with Crippen molar-refractivity contribution >= 4 is 45.8 Å². The van der Waals surface area contributed by atoms with Crippen molar-refractivity contribution in [1.82, 2.24) is 10.6 Å². The fourth-order valence-electron chi connectivity index (χ4n) is 2.57. The number of furan rings is 1. The highest BCUT2D eigenvalue weighted by Crippen LogP contribution is 2.16.